The van der Waals surface area contributed by atoms with Gasteiger partial charge >= 0.3 is 0 Å². The number of hydrogen-bond acceptors (Lipinski definition) is 4. The molecule has 1 aliphatic rings. The molecule has 1 saturated heterocycles. The Morgan fingerprint density at radius 3 is 3.00 bits per heavy atom. The van der Waals surface area contributed by atoms with E-state index in [1.807, 2.05) is 18.2 Å². The monoisotopic (exact) mass is 366 g/mol. The minimum Gasteiger partial charge on any atom is -0.496 e. The molecule has 8 nitrogen and oxygen atoms in total. The molecule has 0 radical (unpaired) electrons. The first-order valence-corrected chi connectivity index (χ1v) is 9.64. The molecule has 1 aliphatic heterocycles. The second-order valence-corrected chi connectivity index (χ2v) is 7.64. The van der Waals surface area contributed by atoms with Gasteiger partial charge in [0.05, 0.1) is 7.11 Å². The van der Waals surface area contributed by atoms with Gasteiger partial charge in [0.15, 0.2) is 0 Å². The van der Waals surface area contributed by atoms with Crippen molar-refractivity contribution in [1.82, 2.24) is 14.6 Å². The molecular weight excluding hydrogens is 344 g/mol. The molecule has 1 atom stereocenters. The van der Waals surface area contributed by atoms with Gasteiger partial charge in [-0.25, -0.2) is 9.86 Å². The number of nitrogens with one attached hydrogen (secondary N) is 2. The van der Waals surface area contributed by atoms with Gasteiger partial charge in [0, 0.05) is 30.5 Å². The average molecular weight is 366 g/mol. The molecule has 2 aromatic rings. The summed E-state index contributed by atoms with van der Waals surface area (Å²) in [6, 6.07) is 7.40. The van der Waals surface area contributed by atoms with Crippen LogP contribution < -0.4 is 14.6 Å². The Kier molecular flexibility index (Phi) is 4.98. The van der Waals surface area contributed by atoms with Crippen molar-refractivity contribution in [3.05, 3.63) is 30.0 Å². The predicted molar refractivity (Wildman–Crippen MR) is 94.6 cm³/mol. The fourth-order valence-electron chi connectivity index (χ4n) is 3.24. The number of fused-ring (bicyclic) bond motifs is 1. The van der Waals surface area contributed by atoms with Crippen LogP contribution in [0.25, 0.3) is 10.9 Å². The van der Waals surface area contributed by atoms with E-state index in [0.29, 0.717) is 24.5 Å². The van der Waals surface area contributed by atoms with Gasteiger partial charge in [0.1, 0.15) is 11.4 Å². The molecule has 9 heteroatoms. The summed E-state index contributed by atoms with van der Waals surface area (Å²) in [4.78, 5) is 17.7. The third-order valence-corrected chi connectivity index (χ3v) is 5.02. The highest BCUT2D eigenvalue weighted by Crippen LogP contribution is 2.27. The second-order valence-electron chi connectivity index (χ2n) is 6.26. The van der Waals surface area contributed by atoms with E-state index in [-0.39, 0.29) is 18.4 Å². The van der Waals surface area contributed by atoms with Crippen LogP contribution in [0.15, 0.2) is 24.3 Å². The lowest BCUT2D eigenvalue weighted by molar-refractivity contribution is 0.0671. The molecule has 1 unspecified atom stereocenters. The number of nitrogens with two attached hydrogens (primary N) is 1. The van der Waals surface area contributed by atoms with E-state index in [2.05, 4.69) is 9.71 Å². The number of benzene rings is 1. The number of likely N-dealkylation sites (tertiary alicyclic amines) is 1. The van der Waals surface area contributed by atoms with Crippen LogP contribution in [0.4, 0.5) is 0 Å². The van der Waals surface area contributed by atoms with E-state index < -0.39 is 10.2 Å². The summed E-state index contributed by atoms with van der Waals surface area (Å²) >= 11 is 0. The number of aromatic amines is 1. The highest BCUT2D eigenvalue weighted by atomic mass is 32.2. The first-order valence-electron chi connectivity index (χ1n) is 8.10. The van der Waals surface area contributed by atoms with Crippen molar-refractivity contribution in [2.45, 2.75) is 12.8 Å². The molecule has 0 aliphatic carbocycles. The van der Waals surface area contributed by atoms with E-state index in [1.54, 1.807) is 18.1 Å². The molecule has 3 rings (SSSR count). The SMILES string of the molecule is COc1cccc2[nH]c(C(=O)N3CCCC(CNS(N)(=O)=O)C3)cc12. The van der Waals surface area contributed by atoms with Gasteiger partial charge in [-0.2, -0.15) is 8.42 Å². The number of piperidine rings is 1. The molecule has 2 heterocycles. The standard InChI is InChI=1S/C16H22N4O4S/c1-24-15-6-2-5-13-12(15)8-14(19-13)16(21)20-7-3-4-11(10-20)9-18-25(17,22)23/h2,5-6,8,11,18-19H,3-4,7,9-10H2,1H3,(H2,17,22,23). The summed E-state index contributed by atoms with van der Waals surface area (Å²) in [5.41, 5.74) is 1.34. The van der Waals surface area contributed by atoms with Gasteiger partial charge < -0.3 is 14.6 Å². The first-order chi connectivity index (χ1) is 11.9. The molecule has 1 aromatic heterocycles. The normalized spacial score (nSPS) is 18.5. The van der Waals surface area contributed by atoms with Crippen molar-refractivity contribution in [2.24, 2.45) is 11.1 Å². The zero-order chi connectivity index (χ0) is 18.0. The van der Waals surface area contributed by atoms with E-state index >= 15 is 0 Å². The number of H-pyrrole nitrogens is 1. The maximum atomic E-state index is 12.8. The van der Waals surface area contributed by atoms with E-state index in [0.717, 1.165) is 23.7 Å². The average Bonchev–Trinajstić information content (AvgIpc) is 3.03. The Bertz CT molecular complexity index is 877. The molecule has 25 heavy (non-hydrogen) atoms. The minimum atomic E-state index is -3.71. The summed E-state index contributed by atoms with van der Waals surface area (Å²) in [5, 5.41) is 5.83. The van der Waals surface area contributed by atoms with Crippen molar-refractivity contribution in [3.8, 4) is 5.75 Å². The van der Waals surface area contributed by atoms with Crippen molar-refractivity contribution >= 4 is 27.0 Å². The minimum absolute atomic E-state index is 0.0509. The molecule has 0 bridgehead atoms. The summed E-state index contributed by atoms with van der Waals surface area (Å²) in [6.45, 7) is 1.38. The van der Waals surface area contributed by atoms with Crippen LogP contribution in [0.2, 0.25) is 0 Å². The highest BCUT2D eigenvalue weighted by molar-refractivity contribution is 7.87. The fraction of sp³-hybridized carbons (Fsp3) is 0.438. The molecule has 1 fully saturated rings. The van der Waals surface area contributed by atoms with Crippen molar-refractivity contribution in [1.29, 1.82) is 0 Å². The van der Waals surface area contributed by atoms with Crippen LogP contribution in [0.5, 0.6) is 5.75 Å². The Morgan fingerprint density at radius 1 is 1.48 bits per heavy atom. The third-order valence-electron chi connectivity index (χ3n) is 4.45. The number of carbonyl (C=O) groups is 1. The van der Waals surface area contributed by atoms with E-state index in [4.69, 9.17) is 9.88 Å². The summed E-state index contributed by atoms with van der Waals surface area (Å²) in [7, 11) is -2.12. The van der Waals surface area contributed by atoms with E-state index in [9.17, 15) is 13.2 Å². The number of methoxy groups -OCH3 is 1. The lowest BCUT2D eigenvalue weighted by Gasteiger charge is -2.32. The third kappa shape index (κ3) is 4.12. The number of aromatic nitrogens is 1. The van der Waals surface area contributed by atoms with Crippen molar-refractivity contribution in [3.63, 3.8) is 0 Å². The number of carbonyl (C=O) groups excluding carboxylic acids is 1. The largest absolute Gasteiger partial charge is 0.496 e. The van der Waals surface area contributed by atoms with Crippen LogP contribution in [-0.4, -0.2) is 51.0 Å². The fourth-order valence-corrected chi connectivity index (χ4v) is 3.71. The van der Waals surface area contributed by atoms with Crippen molar-refractivity contribution in [2.75, 3.05) is 26.7 Å². The summed E-state index contributed by atoms with van der Waals surface area (Å²) < 4.78 is 29.7. The van der Waals surface area contributed by atoms with Crippen molar-refractivity contribution < 1.29 is 17.9 Å². The van der Waals surface area contributed by atoms with Crippen LogP contribution >= 0.6 is 0 Å². The number of nitrogens with zero attached hydrogens (tertiary/aromatic N) is 1. The van der Waals surface area contributed by atoms with E-state index in [1.165, 1.54) is 0 Å². The number of hydrogen-bond donors (Lipinski definition) is 3. The van der Waals surface area contributed by atoms with Gasteiger partial charge in [-0.3, -0.25) is 4.79 Å². The maximum absolute atomic E-state index is 12.8. The van der Waals surface area contributed by atoms with Crippen LogP contribution in [0.3, 0.4) is 0 Å². The second kappa shape index (κ2) is 7.03. The Labute approximate surface area is 146 Å². The molecule has 0 saturated carbocycles. The quantitative estimate of drug-likeness (QED) is 0.726. The zero-order valence-electron chi connectivity index (χ0n) is 14.0. The van der Waals surface area contributed by atoms with Crippen LogP contribution in [-0.2, 0) is 10.2 Å². The number of rotatable bonds is 5. The Balaban J connectivity index is 1.74. The Morgan fingerprint density at radius 2 is 2.28 bits per heavy atom. The predicted octanol–water partition coefficient (Wildman–Crippen LogP) is 0.822. The summed E-state index contributed by atoms with van der Waals surface area (Å²) in [5.74, 6) is 0.662. The zero-order valence-corrected chi connectivity index (χ0v) is 14.8. The Hall–Kier alpha value is -2.10. The molecule has 1 amide bonds. The lowest BCUT2D eigenvalue weighted by atomic mass is 9.98. The number of ether oxygens (including phenoxy) is 1. The van der Waals surface area contributed by atoms with Gasteiger partial charge in [0.2, 0.25) is 0 Å². The van der Waals surface area contributed by atoms with Crippen LogP contribution in [0.1, 0.15) is 23.3 Å². The lowest BCUT2D eigenvalue weighted by Crippen LogP contribution is -2.44. The molecule has 136 valence electrons. The molecule has 1 aromatic carbocycles. The maximum Gasteiger partial charge on any atom is 0.274 e. The molecular formula is C16H22N4O4S. The molecule has 4 N–H and O–H groups in total. The summed E-state index contributed by atoms with van der Waals surface area (Å²) in [6.07, 6.45) is 1.68. The topological polar surface area (TPSA) is 118 Å². The molecule has 0 spiro atoms. The van der Waals surface area contributed by atoms with Crippen LogP contribution in [0, 0.1) is 5.92 Å². The highest BCUT2D eigenvalue weighted by Gasteiger charge is 2.26. The van der Waals surface area contributed by atoms with Gasteiger partial charge in [-0.1, -0.05) is 6.07 Å². The van der Waals surface area contributed by atoms with Gasteiger partial charge in [-0.15, -0.1) is 0 Å². The smallest absolute Gasteiger partial charge is 0.274 e. The number of amides is 1. The van der Waals surface area contributed by atoms with Gasteiger partial charge in [0.25, 0.3) is 16.1 Å². The first kappa shape index (κ1) is 17.7. The van der Waals surface area contributed by atoms with Gasteiger partial charge in [-0.05, 0) is 37.0 Å².